The zero-order valence-electron chi connectivity index (χ0n) is 12.7. The van der Waals surface area contributed by atoms with E-state index < -0.39 is 18.7 Å². The molecule has 1 N–H and O–H groups in total. The Balaban J connectivity index is 2.01. The number of halogens is 2. The molecule has 126 valence electrons. The van der Waals surface area contributed by atoms with E-state index in [2.05, 4.69) is 10.1 Å². The van der Waals surface area contributed by atoms with E-state index in [1.165, 1.54) is 32.2 Å². The van der Waals surface area contributed by atoms with Crippen molar-refractivity contribution in [2.24, 2.45) is 0 Å². The molecule has 0 spiro atoms. The van der Waals surface area contributed by atoms with Gasteiger partial charge in [0.25, 0.3) is 5.91 Å². The van der Waals surface area contributed by atoms with Gasteiger partial charge in [-0.2, -0.15) is 8.78 Å². The molecule has 0 heterocycles. The molecule has 1 saturated carbocycles. The molecule has 0 radical (unpaired) electrons. The van der Waals surface area contributed by atoms with E-state index in [4.69, 9.17) is 9.47 Å². The predicted molar refractivity (Wildman–Crippen MR) is 75.7 cm³/mol. The number of benzene rings is 1. The Labute approximate surface area is 131 Å². The number of alkyl halides is 2. The van der Waals surface area contributed by atoms with E-state index in [-0.39, 0.29) is 29.0 Å². The minimum atomic E-state index is -3.01. The first-order valence-corrected chi connectivity index (χ1v) is 7.05. The van der Waals surface area contributed by atoms with E-state index in [0.717, 1.165) is 12.8 Å². The van der Waals surface area contributed by atoms with E-state index in [0.29, 0.717) is 0 Å². The van der Waals surface area contributed by atoms with Crippen LogP contribution in [-0.4, -0.2) is 37.7 Å². The van der Waals surface area contributed by atoms with Gasteiger partial charge in [0.15, 0.2) is 17.6 Å². The molecule has 0 unspecified atom stereocenters. The molecule has 1 aromatic carbocycles. The first kappa shape index (κ1) is 17.0. The predicted octanol–water partition coefficient (Wildman–Crippen LogP) is 2.12. The average molecular weight is 329 g/mol. The minimum Gasteiger partial charge on any atom is -0.493 e. The molecule has 2 rings (SSSR count). The maximum Gasteiger partial charge on any atom is 0.387 e. The van der Waals surface area contributed by atoms with Crippen molar-refractivity contribution in [3.05, 3.63) is 23.8 Å². The average Bonchev–Trinajstić information content (AvgIpc) is 3.30. The van der Waals surface area contributed by atoms with Crippen LogP contribution in [0.25, 0.3) is 0 Å². The highest BCUT2D eigenvalue weighted by Gasteiger charge is 2.27. The third-order valence-corrected chi connectivity index (χ3v) is 3.19. The first-order chi connectivity index (χ1) is 10.9. The number of nitrogens with one attached hydrogen (secondary N) is 1. The van der Waals surface area contributed by atoms with Crippen molar-refractivity contribution in [1.29, 1.82) is 0 Å². The van der Waals surface area contributed by atoms with Crippen LogP contribution >= 0.6 is 0 Å². The van der Waals surface area contributed by atoms with Crippen molar-refractivity contribution in [2.75, 3.05) is 7.11 Å². The Morgan fingerprint density at radius 3 is 2.52 bits per heavy atom. The van der Waals surface area contributed by atoms with Crippen molar-refractivity contribution in [1.82, 2.24) is 5.32 Å². The number of rotatable bonds is 7. The van der Waals surface area contributed by atoms with Crippen LogP contribution in [0, 0.1) is 0 Å². The molecule has 8 heteroatoms. The number of hydrogen-bond donors (Lipinski definition) is 1. The summed E-state index contributed by atoms with van der Waals surface area (Å²) < 4.78 is 38.7. The maximum absolute atomic E-state index is 12.3. The SMILES string of the molecule is COc1cc(C(=O)O[C@H](C)C(=O)NC2CC2)ccc1OC(F)F. The van der Waals surface area contributed by atoms with Crippen LogP contribution in [0.15, 0.2) is 18.2 Å². The smallest absolute Gasteiger partial charge is 0.387 e. The van der Waals surface area contributed by atoms with Gasteiger partial charge in [0, 0.05) is 6.04 Å². The Kier molecular flexibility index (Phi) is 5.36. The van der Waals surface area contributed by atoms with E-state index in [1.807, 2.05) is 0 Å². The van der Waals surface area contributed by atoms with Crippen LogP contribution in [-0.2, 0) is 9.53 Å². The summed E-state index contributed by atoms with van der Waals surface area (Å²) in [6.45, 7) is -1.55. The normalized spacial score (nSPS) is 15.0. The number of ether oxygens (including phenoxy) is 3. The van der Waals surface area contributed by atoms with Crippen LogP contribution in [0.4, 0.5) is 8.78 Å². The Hall–Kier alpha value is -2.38. The van der Waals surface area contributed by atoms with Gasteiger partial charge >= 0.3 is 12.6 Å². The van der Waals surface area contributed by atoms with Gasteiger partial charge < -0.3 is 19.5 Å². The van der Waals surface area contributed by atoms with Gasteiger partial charge in [-0.15, -0.1) is 0 Å². The summed E-state index contributed by atoms with van der Waals surface area (Å²) in [5.74, 6) is -1.36. The number of methoxy groups -OCH3 is 1. The molecule has 23 heavy (non-hydrogen) atoms. The highest BCUT2D eigenvalue weighted by Crippen LogP contribution is 2.29. The zero-order chi connectivity index (χ0) is 17.0. The molecule has 0 aromatic heterocycles. The van der Waals surface area contributed by atoms with Gasteiger partial charge in [0.05, 0.1) is 12.7 Å². The molecule has 1 aliphatic rings. The van der Waals surface area contributed by atoms with E-state index in [9.17, 15) is 18.4 Å². The second-order valence-corrected chi connectivity index (χ2v) is 5.07. The van der Waals surface area contributed by atoms with Crippen LogP contribution < -0.4 is 14.8 Å². The Bertz CT molecular complexity index is 589. The largest absolute Gasteiger partial charge is 0.493 e. The van der Waals surface area contributed by atoms with Crippen molar-refractivity contribution in [2.45, 2.75) is 38.5 Å². The van der Waals surface area contributed by atoms with Crippen LogP contribution in [0.1, 0.15) is 30.1 Å². The quantitative estimate of drug-likeness (QED) is 0.776. The maximum atomic E-state index is 12.3. The van der Waals surface area contributed by atoms with Crippen molar-refractivity contribution >= 4 is 11.9 Å². The van der Waals surface area contributed by atoms with Gasteiger partial charge in [0.1, 0.15) is 0 Å². The number of carbonyl (C=O) groups is 2. The van der Waals surface area contributed by atoms with Gasteiger partial charge in [-0.05, 0) is 38.0 Å². The first-order valence-electron chi connectivity index (χ1n) is 7.05. The standard InChI is InChI=1S/C15H17F2NO5/c1-8(13(19)18-10-4-5-10)22-14(20)9-3-6-11(23-15(16)17)12(7-9)21-2/h3,6-8,10,15H,4-5H2,1-2H3,(H,18,19)/t8-/m1/s1. The fraction of sp³-hybridized carbons (Fsp3) is 0.467. The molecular formula is C15H17F2NO5. The second-order valence-electron chi connectivity index (χ2n) is 5.07. The Morgan fingerprint density at radius 2 is 1.96 bits per heavy atom. The molecule has 1 atom stereocenters. The van der Waals surface area contributed by atoms with E-state index >= 15 is 0 Å². The Morgan fingerprint density at radius 1 is 1.26 bits per heavy atom. The lowest BCUT2D eigenvalue weighted by molar-refractivity contribution is -0.129. The molecular weight excluding hydrogens is 312 g/mol. The zero-order valence-corrected chi connectivity index (χ0v) is 12.7. The van der Waals surface area contributed by atoms with Crippen LogP contribution in [0.5, 0.6) is 11.5 Å². The second kappa shape index (κ2) is 7.26. The van der Waals surface area contributed by atoms with Crippen molar-refractivity contribution < 1.29 is 32.6 Å². The topological polar surface area (TPSA) is 73.9 Å². The fourth-order valence-corrected chi connectivity index (χ4v) is 1.82. The summed E-state index contributed by atoms with van der Waals surface area (Å²) in [7, 11) is 1.26. The monoisotopic (exact) mass is 329 g/mol. The number of carbonyl (C=O) groups excluding carboxylic acids is 2. The highest BCUT2D eigenvalue weighted by molar-refractivity contribution is 5.93. The molecule has 1 amide bonds. The van der Waals surface area contributed by atoms with Gasteiger partial charge in [0.2, 0.25) is 0 Å². The minimum absolute atomic E-state index is 0.0326. The summed E-state index contributed by atoms with van der Waals surface area (Å²) in [6, 6.07) is 3.81. The van der Waals surface area contributed by atoms with Gasteiger partial charge in [-0.3, -0.25) is 4.79 Å². The molecule has 1 fully saturated rings. The molecule has 0 saturated heterocycles. The lowest BCUT2D eigenvalue weighted by Gasteiger charge is -2.14. The van der Waals surface area contributed by atoms with Crippen LogP contribution in [0.2, 0.25) is 0 Å². The molecule has 1 aromatic rings. The van der Waals surface area contributed by atoms with Gasteiger partial charge in [-0.25, -0.2) is 4.79 Å². The lowest BCUT2D eigenvalue weighted by atomic mass is 10.2. The molecule has 0 aliphatic heterocycles. The number of amides is 1. The summed E-state index contributed by atoms with van der Waals surface area (Å²) in [5.41, 5.74) is 0.0644. The van der Waals surface area contributed by atoms with Crippen molar-refractivity contribution in [3.8, 4) is 11.5 Å². The summed E-state index contributed by atoms with van der Waals surface area (Å²) in [4.78, 5) is 23.8. The van der Waals surface area contributed by atoms with Gasteiger partial charge in [-0.1, -0.05) is 0 Å². The third kappa shape index (κ3) is 4.80. The summed E-state index contributed by atoms with van der Waals surface area (Å²) in [6.07, 6.45) is 0.899. The molecule has 0 bridgehead atoms. The highest BCUT2D eigenvalue weighted by atomic mass is 19.3. The summed E-state index contributed by atoms with van der Waals surface area (Å²) in [5, 5.41) is 2.72. The fourth-order valence-electron chi connectivity index (χ4n) is 1.82. The number of esters is 1. The molecule has 1 aliphatic carbocycles. The van der Waals surface area contributed by atoms with Crippen LogP contribution in [0.3, 0.4) is 0 Å². The lowest BCUT2D eigenvalue weighted by Crippen LogP contribution is -2.37. The third-order valence-electron chi connectivity index (χ3n) is 3.19. The van der Waals surface area contributed by atoms with E-state index in [1.54, 1.807) is 0 Å². The number of hydrogen-bond acceptors (Lipinski definition) is 5. The molecule has 6 nitrogen and oxygen atoms in total. The van der Waals surface area contributed by atoms with Crippen molar-refractivity contribution in [3.63, 3.8) is 0 Å². The summed E-state index contributed by atoms with van der Waals surface area (Å²) >= 11 is 0.